The summed E-state index contributed by atoms with van der Waals surface area (Å²) in [4.78, 5) is 20.2. The molecule has 124 valence electrons. The molecule has 0 amide bonds. The standard InChI is InChI=1S/C18H17BrNO2PS/c1-13-9-15(19)11-16(10-13)24-20(12-23(21)22)18-8-4-6-14-5-2-3-7-17(14)18/h2-11,21-22H,12H2,1H3. The molecule has 0 unspecified atom stereocenters. The zero-order chi connectivity index (χ0) is 17.1. The third-order valence-electron chi connectivity index (χ3n) is 3.52. The van der Waals surface area contributed by atoms with E-state index in [9.17, 15) is 9.79 Å². The molecular formula is C18H17BrNO2PS. The predicted octanol–water partition coefficient (Wildman–Crippen LogP) is 5.68. The summed E-state index contributed by atoms with van der Waals surface area (Å²) in [6, 6.07) is 20.4. The van der Waals surface area contributed by atoms with Crippen molar-refractivity contribution < 1.29 is 9.79 Å². The van der Waals surface area contributed by atoms with Crippen LogP contribution in [0.1, 0.15) is 5.56 Å². The molecule has 0 bridgehead atoms. The van der Waals surface area contributed by atoms with E-state index in [4.69, 9.17) is 0 Å². The average molecular weight is 422 g/mol. The highest BCUT2D eigenvalue weighted by Gasteiger charge is 2.16. The minimum Gasteiger partial charge on any atom is -0.349 e. The van der Waals surface area contributed by atoms with Gasteiger partial charge in [0.15, 0.2) is 8.38 Å². The molecule has 0 saturated heterocycles. The Morgan fingerprint density at radius 1 is 1.04 bits per heavy atom. The van der Waals surface area contributed by atoms with E-state index in [-0.39, 0.29) is 6.29 Å². The summed E-state index contributed by atoms with van der Waals surface area (Å²) in [6.45, 7) is 2.04. The van der Waals surface area contributed by atoms with Gasteiger partial charge >= 0.3 is 0 Å². The van der Waals surface area contributed by atoms with Crippen LogP contribution in [0.15, 0.2) is 70.0 Å². The highest BCUT2D eigenvalue weighted by molar-refractivity contribution is 9.10. The second kappa shape index (κ2) is 7.85. The van der Waals surface area contributed by atoms with Crippen molar-refractivity contribution in [1.82, 2.24) is 0 Å². The van der Waals surface area contributed by atoms with Crippen LogP contribution in [-0.4, -0.2) is 16.1 Å². The zero-order valence-corrected chi connectivity index (χ0v) is 16.4. The molecule has 2 N–H and O–H groups in total. The topological polar surface area (TPSA) is 43.7 Å². The summed E-state index contributed by atoms with van der Waals surface area (Å²) in [5, 5.41) is 2.22. The van der Waals surface area contributed by atoms with Crippen molar-refractivity contribution in [2.45, 2.75) is 11.8 Å². The van der Waals surface area contributed by atoms with E-state index in [1.165, 1.54) is 11.9 Å². The first-order valence-electron chi connectivity index (χ1n) is 7.39. The number of hydrogen-bond acceptors (Lipinski definition) is 4. The van der Waals surface area contributed by atoms with Crippen molar-refractivity contribution in [3.63, 3.8) is 0 Å². The lowest BCUT2D eigenvalue weighted by atomic mass is 10.1. The number of aryl methyl sites for hydroxylation is 1. The molecule has 0 aliphatic carbocycles. The van der Waals surface area contributed by atoms with Crippen molar-refractivity contribution >= 4 is 52.7 Å². The molecule has 0 spiro atoms. The maximum Gasteiger partial charge on any atom is 0.186 e. The smallest absolute Gasteiger partial charge is 0.186 e. The Morgan fingerprint density at radius 2 is 1.79 bits per heavy atom. The molecule has 0 fully saturated rings. The number of hydrogen-bond donors (Lipinski definition) is 2. The van der Waals surface area contributed by atoms with E-state index in [1.54, 1.807) is 0 Å². The lowest BCUT2D eigenvalue weighted by Gasteiger charge is -2.25. The fourth-order valence-corrected chi connectivity index (χ4v) is 5.19. The second-order valence-corrected chi connectivity index (χ2v) is 8.48. The van der Waals surface area contributed by atoms with Gasteiger partial charge < -0.3 is 14.1 Å². The van der Waals surface area contributed by atoms with E-state index in [2.05, 4.69) is 46.3 Å². The maximum absolute atomic E-state index is 9.60. The third kappa shape index (κ3) is 4.29. The van der Waals surface area contributed by atoms with Crippen LogP contribution < -0.4 is 4.31 Å². The Labute approximate surface area is 155 Å². The molecule has 0 atom stereocenters. The number of halogens is 1. The summed E-state index contributed by atoms with van der Waals surface area (Å²) in [6.07, 6.45) is 0.180. The molecule has 0 saturated carbocycles. The van der Waals surface area contributed by atoms with Gasteiger partial charge in [0.05, 0.1) is 12.0 Å². The minimum absolute atomic E-state index is 0.180. The molecule has 0 aliphatic rings. The average Bonchev–Trinajstić information content (AvgIpc) is 2.52. The van der Waals surface area contributed by atoms with Crippen molar-refractivity contribution in [3.05, 3.63) is 70.7 Å². The first kappa shape index (κ1) is 17.7. The Kier molecular flexibility index (Phi) is 5.80. The van der Waals surface area contributed by atoms with E-state index >= 15 is 0 Å². The molecule has 0 aliphatic heterocycles. The monoisotopic (exact) mass is 421 g/mol. The van der Waals surface area contributed by atoms with Crippen LogP contribution >= 0.6 is 36.3 Å². The van der Waals surface area contributed by atoms with Crippen LogP contribution in [0.3, 0.4) is 0 Å². The van der Waals surface area contributed by atoms with Crippen molar-refractivity contribution in [1.29, 1.82) is 0 Å². The van der Waals surface area contributed by atoms with Gasteiger partial charge in [-0.3, -0.25) is 0 Å². The summed E-state index contributed by atoms with van der Waals surface area (Å²) >= 11 is 5.04. The van der Waals surface area contributed by atoms with E-state index in [0.717, 1.165) is 31.4 Å². The Balaban J connectivity index is 2.02. The van der Waals surface area contributed by atoms with Crippen molar-refractivity contribution in [2.24, 2.45) is 0 Å². The molecular weight excluding hydrogens is 405 g/mol. The van der Waals surface area contributed by atoms with Crippen LogP contribution in [0.2, 0.25) is 0 Å². The first-order valence-corrected chi connectivity index (χ1v) is 10.4. The van der Waals surface area contributed by atoms with Gasteiger partial charge in [-0.25, -0.2) is 0 Å². The minimum atomic E-state index is -2.04. The summed E-state index contributed by atoms with van der Waals surface area (Å²) < 4.78 is 2.97. The first-order chi connectivity index (χ1) is 11.5. The van der Waals surface area contributed by atoms with Gasteiger partial charge in [0.25, 0.3) is 0 Å². The quantitative estimate of drug-likeness (QED) is 0.410. The lowest BCUT2D eigenvalue weighted by molar-refractivity contribution is 0.484. The second-order valence-electron chi connectivity index (χ2n) is 5.45. The fourth-order valence-electron chi connectivity index (χ4n) is 2.58. The molecule has 3 rings (SSSR count). The van der Waals surface area contributed by atoms with E-state index in [1.807, 2.05) is 41.6 Å². The third-order valence-corrected chi connectivity index (χ3v) is 5.70. The number of anilines is 1. The van der Waals surface area contributed by atoms with E-state index < -0.39 is 8.38 Å². The largest absolute Gasteiger partial charge is 0.349 e. The predicted molar refractivity (Wildman–Crippen MR) is 107 cm³/mol. The molecule has 0 aromatic heterocycles. The summed E-state index contributed by atoms with van der Waals surface area (Å²) in [7, 11) is -2.04. The summed E-state index contributed by atoms with van der Waals surface area (Å²) in [5.41, 5.74) is 2.13. The SMILES string of the molecule is Cc1cc(Br)cc(SN(CP(O)O)c2cccc3ccccc23)c1. The van der Waals surface area contributed by atoms with Gasteiger partial charge in [-0.15, -0.1) is 0 Å². The highest BCUT2D eigenvalue weighted by Crippen LogP contribution is 2.39. The van der Waals surface area contributed by atoms with Gasteiger partial charge in [-0.1, -0.05) is 52.3 Å². The van der Waals surface area contributed by atoms with Gasteiger partial charge in [0.1, 0.15) is 0 Å². The van der Waals surface area contributed by atoms with Gasteiger partial charge in [-0.05, 0) is 54.1 Å². The van der Waals surface area contributed by atoms with Gasteiger partial charge in [0, 0.05) is 14.8 Å². The zero-order valence-electron chi connectivity index (χ0n) is 13.1. The van der Waals surface area contributed by atoms with Crippen molar-refractivity contribution in [3.8, 4) is 0 Å². The number of nitrogens with zero attached hydrogens (tertiary/aromatic N) is 1. The van der Waals surface area contributed by atoms with Crippen LogP contribution in [0.25, 0.3) is 10.8 Å². The molecule has 0 heterocycles. The van der Waals surface area contributed by atoms with Gasteiger partial charge in [-0.2, -0.15) is 0 Å². The Hall–Kier alpha value is -1.10. The molecule has 24 heavy (non-hydrogen) atoms. The van der Waals surface area contributed by atoms with Gasteiger partial charge in [0.2, 0.25) is 0 Å². The molecule has 0 radical (unpaired) electrons. The maximum atomic E-state index is 9.60. The number of fused-ring (bicyclic) bond motifs is 1. The summed E-state index contributed by atoms with van der Waals surface area (Å²) in [5.74, 6) is 0. The van der Waals surface area contributed by atoms with Crippen LogP contribution in [-0.2, 0) is 0 Å². The normalized spacial score (nSPS) is 11.2. The Bertz CT molecular complexity index is 834. The fraction of sp³-hybridized carbons (Fsp3) is 0.111. The lowest BCUT2D eigenvalue weighted by Crippen LogP contribution is -2.15. The Morgan fingerprint density at radius 3 is 2.54 bits per heavy atom. The number of benzene rings is 3. The van der Waals surface area contributed by atoms with Crippen molar-refractivity contribution in [2.75, 3.05) is 10.6 Å². The molecule has 3 aromatic rings. The number of rotatable bonds is 5. The van der Waals surface area contributed by atoms with E-state index in [0.29, 0.717) is 0 Å². The van der Waals surface area contributed by atoms with Crippen LogP contribution in [0, 0.1) is 6.92 Å². The van der Waals surface area contributed by atoms with Crippen LogP contribution in [0.5, 0.6) is 0 Å². The molecule has 3 aromatic carbocycles. The molecule has 6 heteroatoms. The molecule has 3 nitrogen and oxygen atoms in total. The highest BCUT2D eigenvalue weighted by atomic mass is 79.9. The van der Waals surface area contributed by atoms with Crippen LogP contribution in [0.4, 0.5) is 5.69 Å².